The summed E-state index contributed by atoms with van der Waals surface area (Å²) in [5.74, 6) is -1.13. The average Bonchev–Trinajstić information content (AvgIpc) is 2.41. The summed E-state index contributed by atoms with van der Waals surface area (Å²) in [6, 6.07) is 10.3. The number of halogens is 2. The largest absolute Gasteiger partial charge is 0.478 e. The summed E-state index contributed by atoms with van der Waals surface area (Å²) in [5, 5.41) is 14.6. The number of carboxylic acids is 1. The fourth-order valence-corrected chi connectivity index (χ4v) is 1.98. The van der Waals surface area contributed by atoms with Gasteiger partial charge in [0, 0.05) is 16.4 Å². The standard InChI is InChI=1S/C14H10Cl2N2O3/c15-8-1-3-9(4-2-8)17-14(21)18-10-5-6-11(13(19)20)12(16)7-10/h1-7H,(H,19,20)(H2,17,18,21). The minimum Gasteiger partial charge on any atom is -0.478 e. The molecule has 0 aromatic heterocycles. The second-order valence-corrected chi connectivity index (χ2v) is 4.93. The van der Waals surface area contributed by atoms with Crippen molar-refractivity contribution < 1.29 is 14.7 Å². The Bertz CT molecular complexity index is 687. The lowest BCUT2D eigenvalue weighted by Gasteiger charge is -2.08. The van der Waals surface area contributed by atoms with Crippen molar-refractivity contribution in [3.8, 4) is 0 Å². The Labute approximate surface area is 130 Å². The molecule has 0 atom stereocenters. The molecule has 0 fully saturated rings. The minimum atomic E-state index is -1.13. The van der Waals surface area contributed by atoms with Crippen molar-refractivity contribution in [3.05, 3.63) is 58.1 Å². The van der Waals surface area contributed by atoms with Gasteiger partial charge < -0.3 is 15.7 Å². The third-order valence-corrected chi connectivity index (χ3v) is 3.12. The van der Waals surface area contributed by atoms with Crippen molar-refractivity contribution in [2.45, 2.75) is 0 Å². The van der Waals surface area contributed by atoms with Gasteiger partial charge in [0.1, 0.15) is 0 Å². The van der Waals surface area contributed by atoms with E-state index in [2.05, 4.69) is 10.6 Å². The molecule has 5 nitrogen and oxygen atoms in total. The number of hydrogen-bond acceptors (Lipinski definition) is 2. The molecule has 7 heteroatoms. The first kappa shape index (κ1) is 15.2. The van der Waals surface area contributed by atoms with Gasteiger partial charge in [0.15, 0.2) is 0 Å². The van der Waals surface area contributed by atoms with Crippen LogP contribution < -0.4 is 10.6 Å². The van der Waals surface area contributed by atoms with Gasteiger partial charge in [-0.05, 0) is 42.5 Å². The number of amides is 2. The minimum absolute atomic E-state index is 0.0275. The van der Waals surface area contributed by atoms with Crippen LogP contribution in [0.4, 0.5) is 16.2 Å². The molecule has 0 spiro atoms. The maximum atomic E-state index is 11.8. The summed E-state index contributed by atoms with van der Waals surface area (Å²) in [4.78, 5) is 22.6. The van der Waals surface area contributed by atoms with Crippen molar-refractivity contribution in [1.29, 1.82) is 0 Å². The summed E-state index contributed by atoms with van der Waals surface area (Å²) < 4.78 is 0. The topological polar surface area (TPSA) is 78.4 Å². The number of carboxylic acid groups (broad SMARTS) is 1. The number of urea groups is 1. The predicted octanol–water partition coefficient (Wildman–Crippen LogP) is 4.34. The molecule has 0 radical (unpaired) electrons. The van der Waals surface area contributed by atoms with E-state index in [9.17, 15) is 9.59 Å². The Hall–Kier alpha value is -2.24. The molecule has 0 aliphatic rings. The Kier molecular flexibility index (Phi) is 4.67. The van der Waals surface area contributed by atoms with E-state index in [1.165, 1.54) is 18.2 Å². The number of hydrogen-bond donors (Lipinski definition) is 3. The Morgan fingerprint density at radius 3 is 2.05 bits per heavy atom. The quantitative estimate of drug-likeness (QED) is 0.785. The Balaban J connectivity index is 2.04. The fourth-order valence-electron chi connectivity index (χ4n) is 1.59. The van der Waals surface area contributed by atoms with Crippen LogP contribution in [0.15, 0.2) is 42.5 Å². The molecule has 2 aromatic rings. The van der Waals surface area contributed by atoms with Crippen LogP contribution in [0, 0.1) is 0 Å². The zero-order valence-corrected chi connectivity index (χ0v) is 12.1. The van der Waals surface area contributed by atoms with Gasteiger partial charge in [-0.25, -0.2) is 9.59 Å². The molecule has 2 aromatic carbocycles. The van der Waals surface area contributed by atoms with Gasteiger partial charge in [-0.1, -0.05) is 23.2 Å². The molecule has 0 saturated carbocycles. The normalized spacial score (nSPS) is 10.0. The van der Waals surface area contributed by atoms with Gasteiger partial charge in [0.2, 0.25) is 0 Å². The van der Waals surface area contributed by atoms with E-state index in [1.807, 2.05) is 0 Å². The summed E-state index contributed by atoms with van der Waals surface area (Å²) in [6.07, 6.45) is 0. The number of benzene rings is 2. The summed E-state index contributed by atoms with van der Waals surface area (Å²) in [5.41, 5.74) is 0.932. The van der Waals surface area contributed by atoms with Crippen LogP contribution in [0.3, 0.4) is 0 Å². The highest BCUT2D eigenvalue weighted by molar-refractivity contribution is 6.33. The van der Waals surface area contributed by atoms with Gasteiger partial charge in [-0.2, -0.15) is 0 Å². The predicted molar refractivity (Wildman–Crippen MR) is 82.5 cm³/mol. The van der Waals surface area contributed by atoms with Crippen LogP contribution in [0.25, 0.3) is 0 Å². The van der Waals surface area contributed by atoms with Crippen LogP contribution in [0.2, 0.25) is 10.0 Å². The van der Waals surface area contributed by atoms with E-state index in [1.54, 1.807) is 24.3 Å². The fraction of sp³-hybridized carbons (Fsp3) is 0. The number of rotatable bonds is 3. The number of aromatic carboxylic acids is 1. The molecule has 0 heterocycles. The first-order chi connectivity index (χ1) is 9.95. The Morgan fingerprint density at radius 2 is 1.48 bits per heavy atom. The Morgan fingerprint density at radius 1 is 0.905 bits per heavy atom. The lowest BCUT2D eigenvalue weighted by Crippen LogP contribution is -2.19. The smallest absolute Gasteiger partial charge is 0.337 e. The van der Waals surface area contributed by atoms with E-state index in [4.69, 9.17) is 28.3 Å². The molecule has 0 aliphatic carbocycles. The number of nitrogens with one attached hydrogen (secondary N) is 2. The monoisotopic (exact) mass is 324 g/mol. The van der Waals surface area contributed by atoms with Gasteiger partial charge in [0.25, 0.3) is 0 Å². The van der Waals surface area contributed by atoms with Crippen LogP contribution in [-0.4, -0.2) is 17.1 Å². The highest BCUT2D eigenvalue weighted by atomic mass is 35.5. The van der Waals surface area contributed by atoms with Gasteiger partial charge >= 0.3 is 12.0 Å². The van der Waals surface area contributed by atoms with Crippen LogP contribution >= 0.6 is 23.2 Å². The van der Waals surface area contributed by atoms with Gasteiger partial charge in [-0.3, -0.25) is 0 Å². The molecule has 21 heavy (non-hydrogen) atoms. The molecular formula is C14H10Cl2N2O3. The van der Waals surface area contributed by atoms with Crippen molar-refractivity contribution >= 4 is 46.6 Å². The van der Waals surface area contributed by atoms with Crippen LogP contribution in [-0.2, 0) is 0 Å². The maximum Gasteiger partial charge on any atom is 0.337 e. The summed E-state index contributed by atoms with van der Waals surface area (Å²) in [6.45, 7) is 0. The van der Waals surface area contributed by atoms with Gasteiger partial charge in [-0.15, -0.1) is 0 Å². The van der Waals surface area contributed by atoms with Crippen molar-refractivity contribution in [3.63, 3.8) is 0 Å². The molecule has 0 aliphatic heterocycles. The molecular weight excluding hydrogens is 315 g/mol. The van der Waals surface area contributed by atoms with Crippen LogP contribution in [0.5, 0.6) is 0 Å². The van der Waals surface area contributed by atoms with Crippen LogP contribution in [0.1, 0.15) is 10.4 Å². The zero-order valence-electron chi connectivity index (χ0n) is 10.6. The first-order valence-electron chi connectivity index (χ1n) is 5.82. The average molecular weight is 325 g/mol. The lowest BCUT2D eigenvalue weighted by atomic mass is 10.2. The van der Waals surface area contributed by atoms with E-state index in [0.717, 1.165) is 0 Å². The van der Waals surface area contributed by atoms with Crippen molar-refractivity contribution in [1.82, 2.24) is 0 Å². The van der Waals surface area contributed by atoms with E-state index >= 15 is 0 Å². The molecule has 0 bridgehead atoms. The molecule has 0 saturated heterocycles. The van der Waals surface area contributed by atoms with E-state index < -0.39 is 12.0 Å². The second kappa shape index (κ2) is 6.47. The maximum absolute atomic E-state index is 11.8. The molecule has 108 valence electrons. The highest BCUT2D eigenvalue weighted by Gasteiger charge is 2.10. The first-order valence-corrected chi connectivity index (χ1v) is 6.58. The molecule has 2 rings (SSSR count). The lowest BCUT2D eigenvalue weighted by molar-refractivity contribution is 0.0697. The number of carbonyl (C=O) groups is 2. The third-order valence-electron chi connectivity index (χ3n) is 2.56. The number of carbonyl (C=O) groups excluding carboxylic acids is 1. The SMILES string of the molecule is O=C(Nc1ccc(Cl)cc1)Nc1ccc(C(=O)O)c(Cl)c1. The van der Waals surface area contributed by atoms with Crippen molar-refractivity contribution in [2.24, 2.45) is 0 Å². The highest BCUT2D eigenvalue weighted by Crippen LogP contribution is 2.21. The molecule has 0 unspecified atom stereocenters. The second-order valence-electron chi connectivity index (χ2n) is 4.09. The zero-order chi connectivity index (χ0) is 15.4. The number of anilines is 2. The molecule has 2 amide bonds. The van der Waals surface area contributed by atoms with E-state index in [-0.39, 0.29) is 10.6 Å². The summed E-state index contributed by atoms with van der Waals surface area (Å²) in [7, 11) is 0. The summed E-state index contributed by atoms with van der Waals surface area (Å²) >= 11 is 11.6. The third kappa shape index (κ3) is 4.11. The molecule has 3 N–H and O–H groups in total. The van der Waals surface area contributed by atoms with E-state index in [0.29, 0.717) is 16.4 Å². The van der Waals surface area contributed by atoms with Crippen molar-refractivity contribution in [2.75, 3.05) is 10.6 Å². The van der Waals surface area contributed by atoms with Gasteiger partial charge in [0.05, 0.1) is 10.6 Å².